The van der Waals surface area contributed by atoms with Crippen molar-refractivity contribution in [1.82, 2.24) is 0 Å². The predicted octanol–water partition coefficient (Wildman–Crippen LogP) is 4.43. The van der Waals surface area contributed by atoms with Gasteiger partial charge in [-0.1, -0.05) is 12.1 Å². The average Bonchev–Trinajstić information content (AvgIpc) is 2.28. The van der Waals surface area contributed by atoms with E-state index in [2.05, 4.69) is 0 Å². The van der Waals surface area contributed by atoms with Crippen molar-refractivity contribution in [1.29, 1.82) is 0 Å². The molecule has 1 atom stereocenters. The minimum absolute atomic E-state index is 0.302. The Morgan fingerprint density at radius 1 is 0.706 bits per heavy atom. The van der Waals surface area contributed by atoms with E-state index < -0.39 is 17.0 Å². The lowest BCUT2D eigenvalue weighted by molar-refractivity contribution is 0.580. The lowest BCUT2D eigenvalue weighted by Crippen LogP contribution is -1.95. The first-order chi connectivity index (χ1) is 8.06. The van der Waals surface area contributed by atoms with Crippen molar-refractivity contribution >= 4 is 11.6 Å². The maximum Gasteiger partial charge on any atom is 0.126 e. The molecule has 17 heavy (non-hydrogen) atoms. The summed E-state index contributed by atoms with van der Waals surface area (Å²) in [5.41, 5.74) is 0.883. The fourth-order valence-electron chi connectivity index (χ4n) is 1.55. The monoisotopic (exact) mass is 256 g/mol. The van der Waals surface area contributed by atoms with Crippen LogP contribution in [0.2, 0.25) is 0 Å². The second-order valence-electron chi connectivity index (χ2n) is 3.62. The highest BCUT2D eigenvalue weighted by atomic mass is 35.5. The molecule has 0 aliphatic heterocycles. The molecule has 0 aromatic heterocycles. The molecule has 2 aromatic rings. The van der Waals surface area contributed by atoms with Crippen LogP contribution in [0.1, 0.15) is 16.5 Å². The van der Waals surface area contributed by atoms with Crippen LogP contribution in [0.3, 0.4) is 0 Å². The number of rotatable bonds is 2. The lowest BCUT2D eigenvalue weighted by Gasteiger charge is -2.10. The standard InChI is InChI=1S/C13H8ClF3/c14-13(8-1-3-10(15)4-2-8)9-5-11(16)7-12(17)6-9/h1-7,13H. The smallest absolute Gasteiger partial charge is 0.126 e. The fourth-order valence-corrected chi connectivity index (χ4v) is 1.82. The first kappa shape index (κ1) is 12.0. The van der Waals surface area contributed by atoms with Crippen molar-refractivity contribution < 1.29 is 13.2 Å². The van der Waals surface area contributed by atoms with Crippen LogP contribution in [-0.2, 0) is 0 Å². The number of alkyl halides is 1. The third-order valence-electron chi connectivity index (χ3n) is 2.34. The van der Waals surface area contributed by atoms with Crippen LogP contribution in [0, 0.1) is 17.5 Å². The fraction of sp³-hybridized carbons (Fsp3) is 0.0769. The van der Waals surface area contributed by atoms with E-state index >= 15 is 0 Å². The zero-order valence-electron chi connectivity index (χ0n) is 8.63. The minimum Gasteiger partial charge on any atom is -0.207 e. The van der Waals surface area contributed by atoms with Crippen molar-refractivity contribution in [2.45, 2.75) is 5.38 Å². The van der Waals surface area contributed by atoms with Crippen LogP contribution in [0.25, 0.3) is 0 Å². The van der Waals surface area contributed by atoms with Gasteiger partial charge in [0.15, 0.2) is 0 Å². The van der Waals surface area contributed by atoms with Crippen LogP contribution in [0.15, 0.2) is 42.5 Å². The Bertz CT molecular complexity index is 502. The summed E-state index contributed by atoms with van der Waals surface area (Å²) < 4.78 is 38.7. The van der Waals surface area contributed by atoms with Gasteiger partial charge >= 0.3 is 0 Å². The molecule has 0 fully saturated rings. The molecule has 0 saturated carbocycles. The van der Waals surface area contributed by atoms with Crippen LogP contribution in [0.5, 0.6) is 0 Å². The summed E-state index contributed by atoms with van der Waals surface area (Å²) in [5, 5.41) is -0.708. The summed E-state index contributed by atoms with van der Waals surface area (Å²) in [6.07, 6.45) is 0. The SMILES string of the molecule is Fc1ccc(C(Cl)c2cc(F)cc(F)c2)cc1. The molecule has 0 bridgehead atoms. The predicted molar refractivity (Wildman–Crippen MR) is 60.5 cm³/mol. The molecular weight excluding hydrogens is 249 g/mol. The summed E-state index contributed by atoms with van der Waals surface area (Å²) in [4.78, 5) is 0. The van der Waals surface area contributed by atoms with E-state index in [9.17, 15) is 13.2 Å². The van der Waals surface area contributed by atoms with Gasteiger partial charge in [-0.2, -0.15) is 0 Å². The van der Waals surface area contributed by atoms with Crippen LogP contribution >= 0.6 is 11.6 Å². The zero-order valence-corrected chi connectivity index (χ0v) is 9.39. The molecular formula is C13H8ClF3. The van der Waals surface area contributed by atoms with Gasteiger partial charge in [0.1, 0.15) is 17.5 Å². The van der Waals surface area contributed by atoms with E-state index in [1.165, 1.54) is 24.3 Å². The van der Waals surface area contributed by atoms with Gasteiger partial charge in [0.05, 0.1) is 5.38 Å². The van der Waals surface area contributed by atoms with Gasteiger partial charge in [0.2, 0.25) is 0 Å². The Kier molecular flexibility index (Phi) is 3.38. The number of hydrogen-bond donors (Lipinski definition) is 0. The summed E-state index contributed by atoms with van der Waals surface area (Å²) in [5.74, 6) is -1.76. The lowest BCUT2D eigenvalue weighted by atomic mass is 10.0. The average molecular weight is 257 g/mol. The van der Waals surface area contributed by atoms with Crippen molar-refractivity contribution in [2.75, 3.05) is 0 Å². The second-order valence-corrected chi connectivity index (χ2v) is 4.05. The molecule has 0 aliphatic carbocycles. The van der Waals surface area contributed by atoms with Crippen molar-refractivity contribution in [3.05, 3.63) is 71.0 Å². The molecule has 0 aliphatic rings. The van der Waals surface area contributed by atoms with Crippen molar-refractivity contribution in [2.24, 2.45) is 0 Å². The molecule has 0 N–H and O–H groups in total. The highest BCUT2D eigenvalue weighted by Gasteiger charge is 2.13. The largest absolute Gasteiger partial charge is 0.207 e. The zero-order chi connectivity index (χ0) is 12.4. The van der Waals surface area contributed by atoms with E-state index in [-0.39, 0.29) is 5.82 Å². The van der Waals surface area contributed by atoms with E-state index in [4.69, 9.17) is 11.6 Å². The molecule has 0 heterocycles. The minimum atomic E-state index is -0.708. The molecule has 4 heteroatoms. The molecule has 0 amide bonds. The van der Waals surface area contributed by atoms with Gasteiger partial charge in [-0.3, -0.25) is 0 Å². The van der Waals surface area contributed by atoms with Gasteiger partial charge in [-0.25, -0.2) is 13.2 Å². The Morgan fingerprint density at radius 3 is 1.76 bits per heavy atom. The van der Waals surface area contributed by atoms with Crippen molar-refractivity contribution in [3.8, 4) is 0 Å². The first-order valence-corrected chi connectivity index (χ1v) is 5.35. The maximum atomic E-state index is 13.0. The Labute approximate surface area is 102 Å². The van der Waals surface area contributed by atoms with Crippen LogP contribution in [0.4, 0.5) is 13.2 Å². The molecule has 1 unspecified atom stereocenters. The van der Waals surface area contributed by atoms with Gasteiger partial charge in [-0.05, 0) is 35.4 Å². The van der Waals surface area contributed by atoms with Crippen molar-refractivity contribution in [3.63, 3.8) is 0 Å². The Balaban J connectivity index is 2.36. The molecule has 2 aromatic carbocycles. The Hall–Kier alpha value is -1.48. The number of halogens is 4. The van der Waals surface area contributed by atoms with Gasteiger partial charge in [-0.15, -0.1) is 11.6 Å². The topological polar surface area (TPSA) is 0 Å². The summed E-state index contributed by atoms with van der Waals surface area (Å²) >= 11 is 6.07. The molecule has 88 valence electrons. The normalized spacial score (nSPS) is 12.5. The highest BCUT2D eigenvalue weighted by molar-refractivity contribution is 6.22. The molecule has 2 rings (SSSR count). The van der Waals surface area contributed by atoms with E-state index in [0.29, 0.717) is 11.1 Å². The first-order valence-electron chi connectivity index (χ1n) is 4.92. The van der Waals surface area contributed by atoms with Gasteiger partial charge < -0.3 is 0 Å². The Morgan fingerprint density at radius 2 is 1.24 bits per heavy atom. The van der Waals surface area contributed by atoms with E-state index in [1.807, 2.05) is 0 Å². The molecule has 0 radical (unpaired) electrons. The third-order valence-corrected chi connectivity index (χ3v) is 2.84. The van der Waals surface area contributed by atoms with Gasteiger partial charge in [0, 0.05) is 6.07 Å². The quantitative estimate of drug-likeness (QED) is 0.697. The van der Waals surface area contributed by atoms with E-state index in [0.717, 1.165) is 18.2 Å². The summed E-state index contributed by atoms with van der Waals surface area (Å²) in [7, 11) is 0. The maximum absolute atomic E-state index is 13.0. The second kappa shape index (κ2) is 4.80. The number of hydrogen-bond acceptors (Lipinski definition) is 0. The molecule has 0 saturated heterocycles. The third kappa shape index (κ3) is 2.80. The van der Waals surface area contributed by atoms with Crippen LogP contribution in [-0.4, -0.2) is 0 Å². The molecule has 0 spiro atoms. The summed E-state index contributed by atoms with van der Waals surface area (Å²) in [6, 6.07) is 8.55. The molecule has 0 nitrogen and oxygen atoms in total. The number of benzene rings is 2. The van der Waals surface area contributed by atoms with Crippen LogP contribution < -0.4 is 0 Å². The van der Waals surface area contributed by atoms with Gasteiger partial charge in [0.25, 0.3) is 0 Å². The summed E-state index contributed by atoms with van der Waals surface area (Å²) in [6.45, 7) is 0. The van der Waals surface area contributed by atoms with E-state index in [1.54, 1.807) is 0 Å². The highest BCUT2D eigenvalue weighted by Crippen LogP contribution is 2.29.